The van der Waals surface area contributed by atoms with Gasteiger partial charge in [-0.2, -0.15) is 0 Å². The second kappa shape index (κ2) is 5.30. The van der Waals surface area contributed by atoms with Gasteiger partial charge < -0.3 is 5.32 Å². The molecule has 0 spiro atoms. The quantitative estimate of drug-likeness (QED) is 0.726. The van der Waals surface area contributed by atoms with E-state index in [1.165, 1.54) is 12.8 Å². The summed E-state index contributed by atoms with van der Waals surface area (Å²) in [5.41, 5.74) is 0. The monoisotopic (exact) mass is 233 g/mol. The van der Waals surface area contributed by atoms with Crippen molar-refractivity contribution in [3.63, 3.8) is 0 Å². The minimum absolute atomic E-state index is 0.230. The first-order valence-electron chi connectivity index (χ1n) is 5.86. The summed E-state index contributed by atoms with van der Waals surface area (Å²) in [6, 6.07) is 0.535. The fourth-order valence-corrected chi connectivity index (χ4v) is 2.89. The zero-order valence-electron chi connectivity index (χ0n) is 9.99. The third-order valence-corrected chi connectivity index (χ3v) is 5.52. The van der Waals surface area contributed by atoms with Gasteiger partial charge in [0.25, 0.3) is 0 Å². The Morgan fingerprint density at radius 2 is 1.93 bits per heavy atom. The maximum Gasteiger partial charge on any atom is 0.152 e. The molecule has 90 valence electrons. The van der Waals surface area contributed by atoms with E-state index in [1.54, 1.807) is 13.8 Å². The Labute approximate surface area is 93.6 Å². The maximum absolute atomic E-state index is 11.6. The molecule has 0 radical (unpaired) electrons. The summed E-state index contributed by atoms with van der Waals surface area (Å²) in [6.07, 6.45) is 4.40. The van der Waals surface area contributed by atoms with Crippen LogP contribution in [0.3, 0.4) is 0 Å². The van der Waals surface area contributed by atoms with Crippen molar-refractivity contribution < 1.29 is 8.42 Å². The van der Waals surface area contributed by atoms with E-state index in [4.69, 9.17) is 0 Å². The molecule has 3 nitrogen and oxygen atoms in total. The van der Waals surface area contributed by atoms with Crippen LogP contribution in [0, 0.1) is 5.92 Å². The molecule has 0 aromatic rings. The van der Waals surface area contributed by atoms with E-state index in [-0.39, 0.29) is 5.25 Å². The molecule has 0 saturated heterocycles. The highest BCUT2D eigenvalue weighted by Crippen LogP contribution is 2.34. The Hall–Kier alpha value is -0.0900. The van der Waals surface area contributed by atoms with Gasteiger partial charge in [0.05, 0.1) is 11.0 Å². The van der Waals surface area contributed by atoms with Crippen molar-refractivity contribution in [2.45, 2.75) is 50.8 Å². The van der Waals surface area contributed by atoms with Gasteiger partial charge in [0.2, 0.25) is 0 Å². The molecule has 1 unspecified atom stereocenters. The molecule has 15 heavy (non-hydrogen) atoms. The fraction of sp³-hybridized carbons (Fsp3) is 1.00. The molecule has 1 fully saturated rings. The Balaban J connectivity index is 2.25. The molecule has 1 saturated carbocycles. The standard InChI is InChI=1S/C11H23NO2S/c1-9(2)15(13,14)8-4-5-11(12-3)10-6-7-10/h9-12H,4-8H2,1-3H3. The SMILES string of the molecule is CNC(CCCS(=O)(=O)C(C)C)C1CC1. The van der Waals surface area contributed by atoms with Gasteiger partial charge in [-0.1, -0.05) is 0 Å². The van der Waals surface area contributed by atoms with E-state index < -0.39 is 9.84 Å². The van der Waals surface area contributed by atoms with Crippen molar-refractivity contribution in [2.75, 3.05) is 12.8 Å². The smallest absolute Gasteiger partial charge is 0.152 e. The summed E-state index contributed by atoms with van der Waals surface area (Å²) in [4.78, 5) is 0. The van der Waals surface area contributed by atoms with Crippen molar-refractivity contribution >= 4 is 9.84 Å². The summed E-state index contributed by atoms with van der Waals surface area (Å²) in [6.45, 7) is 3.51. The molecule has 0 aromatic carbocycles. The van der Waals surface area contributed by atoms with Crippen LogP contribution in [-0.2, 0) is 9.84 Å². The zero-order valence-corrected chi connectivity index (χ0v) is 10.8. The molecule has 0 aromatic heterocycles. The Morgan fingerprint density at radius 3 is 2.33 bits per heavy atom. The number of hydrogen-bond donors (Lipinski definition) is 1. The zero-order chi connectivity index (χ0) is 11.5. The van der Waals surface area contributed by atoms with E-state index in [0.29, 0.717) is 11.8 Å². The highest BCUT2D eigenvalue weighted by Gasteiger charge is 2.29. The number of hydrogen-bond acceptors (Lipinski definition) is 3. The fourth-order valence-electron chi connectivity index (χ4n) is 1.85. The number of rotatable bonds is 7. The molecule has 1 atom stereocenters. The van der Waals surface area contributed by atoms with Crippen LogP contribution in [0.15, 0.2) is 0 Å². The van der Waals surface area contributed by atoms with Gasteiger partial charge in [-0.3, -0.25) is 0 Å². The number of sulfone groups is 1. The lowest BCUT2D eigenvalue weighted by Crippen LogP contribution is -2.28. The van der Waals surface area contributed by atoms with Gasteiger partial charge in [0.1, 0.15) is 0 Å². The third-order valence-electron chi connectivity index (χ3n) is 3.22. The largest absolute Gasteiger partial charge is 0.317 e. The lowest BCUT2D eigenvalue weighted by molar-refractivity contribution is 0.464. The van der Waals surface area contributed by atoms with E-state index >= 15 is 0 Å². The predicted octanol–water partition coefficient (Wildman–Crippen LogP) is 1.59. The first-order chi connectivity index (χ1) is 6.97. The molecule has 1 rings (SSSR count). The summed E-state index contributed by atoms with van der Waals surface area (Å²) in [5, 5.41) is 3.05. The third kappa shape index (κ3) is 4.11. The lowest BCUT2D eigenvalue weighted by Gasteiger charge is -2.15. The van der Waals surface area contributed by atoms with Gasteiger partial charge in [0.15, 0.2) is 9.84 Å². The van der Waals surface area contributed by atoms with Gasteiger partial charge >= 0.3 is 0 Å². The van der Waals surface area contributed by atoms with Crippen LogP contribution in [0.4, 0.5) is 0 Å². The number of nitrogens with one attached hydrogen (secondary N) is 1. The predicted molar refractivity (Wildman–Crippen MR) is 63.7 cm³/mol. The summed E-state index contributed by atoms with van der Waals surface area (Å²) in [7, 11) is -0.863. The van der Waals surface area contributed by atoms with Crippen LogP contribution < -0.4 is 5.32 Å². The highest BCUT2D eigenvalue weighted by molar-refractivity contribution is 7.91. The minimum Gasteiger partial charge on any atom is -0.317 e. The van der Waals surface area contributed by atoms with Crippen LogP contribution in [0.25, 0.3) is 0 Å². The van der Waals surface area contributed by atoms with Crippen molar-refractivity contribution in [1.82, 2.24) is 5.32 Å². The normalized spacial score (nSPS) is 19.5. The second-order valence-corrected chi connectivity index (χ2v) is 7.47. The Morgan fingerprint density at radius 1 is 1.33 bits per heavy atom. The molecule has 4 heteroatoms. The van der Waals surface area contributed by atoms with Gasteiger partial charge in [-0.15, -0.1) is 0 Å². The minimum atomic E-state index is -2.84. The van der Waals surface area contributed by atoms with Gasteiger partial charge in [0, 0.05) is 6.04 Å². The van der Waals surface area contributed by atoms with E-state index in [1.807, 2.05) is 7.05 Å². The van der Waals surface area contributed by atoms with E-state index in [2.05, 4.69) is 5.32 Å². The van der Waals surface area contributed by atoms with Crippen molar-refractivity contribution in [3.8, 4) is 0 Å². The van der Waals surface area contributed by atoms with Crippen LogP contribution in [0.2, 0.25) is 0 Å². The van der Waals surface area contributed by atoms with Crippen molar-refractivity contribution in [3.05, 3.63) is 0 Å². The van der Waals surface area contributed by atoms with E-state index in [9.17, 15) is 8.42 Å². The second-order valence-electron chi connectivity index (χ2n) is 4.79. The van der Waals surface area contributed by atoms with Gasteiger partial charge in [-0.05, 0) is 52.5 Å². The molecule has 1 N–H and O–H groups in total. The first kappa shape index (κ1) is 13.0. The maximum atomic E-state index is 11.6. The Kier molecular flexibility index (Phi) is 4.59. The van der Waals surface area contributed by atoms with E-state index in [0.717, 1.165) is 18.8 Å². The highest BCUT2D eigenvalue weighted by atomic mass is 32.2. The lowest BCUT2D eigenvalue weighted by atomic mass is 10.1. The van der Waals surface area contributed by atoms with Crippen LogP contribution in [0.1, 0.15) is 39.5 Å². The molecule has 1 aliphatic rings. The molecular formula is C11H23NO2S. The Bertz CT molecular complexity index is 281. The average Bonchev–Trinajstić information content (AvgIpc) is 2.95. The van der Waals surface area contributed by atoms with Crippen LogP contribution in [0.5, 0.6) is 0 Å². The van der Waals surface area contributed by atoms with Crippen LogP contribution >= 0.6 is 0 Å². The molecule has 1 aliphatic carbocycles. The van der Waals surface area contributed by atoms with Crippen molar-refractivity contribution in [2.24, 2.45) is 5.92 Å². The summed E-state index contributed by atoms with van der Waals surface area (Å²) in [5.74, 6) is 1.15. The molecule has 0 aliphatic heterocycles. The topological polar surface area (TPSA) is 46.2 Å². The van der Waals surface area contributed by atoms with Crippen molar-refractivity contribution in [1.29, 1.82) is 0 Å². The molecule has 0 bridgehead atoms. The molecular weight excluding hydrogens is 210 g/mol. The summed E-state index contributed by atoms with van der Waals surface area (Å²) >= 11 is 0. The molecule has 0 heterocycles. The average molecular weight is 233 g/mol. The van der Waals surface area contributed by atoms with Crippen LogP contribution in [-0.4, -0.2) is 32.5 Å². The van der Waals surface area contributed by atoms with Gasteiger partial charge in [-0.25, -0.2) is 8.42 Å². The molecule has 0 amide bonds. The summed E-state index contributed by atoms with van der Waals surface area (Å²) < 4.78 is 23.1. The first-order valence-corrected chi connectivity index (χ1v) is 7.57.